The second-order valence-corrected chi connectivity index (χ2v) is 4.01. The normalized spacial score (nSPS) is 10.4. The number of anilines is 1. The number of aromatic nitrogens is 1. The quantitative estimate of drug-likeness (QED) is 0.761. The summed E-state index contributed by atoms with van der Waals surface area (Å²) < 4.78 is 6.20. The van der Waals surface area contributed by atoms with Crippen LogP contribution in [-0.2, 0) is 16.1 Å². The van der Waals surface area contributed by atoms with E-state index in [0.717, 1.165) is 0 Å². The third-order valence-corrected chi connectivity index (χ3v) is 1.88. The van der Waals surface area contributed by atoms with Crippen LogP contribution < -0.4 is 11.3 Å². The fourth-order valence-corrected chi connectivity index (χ4v) is 1.12. The number of nitrogens with zero attached hydrogens (tertiary/aromatic N) is 1. The van der Waals surface area contributed by atoms with Gasteiger partial charge in [-0.15, -0.1) is 0 Å². The molecule has 2 N–H and O–H groups in total. The minimum Gasteiger partial charge on any atom is -0.464 e. The van der Waals surface area contributed by atoms with Gasteiger partial charge < -0.3 is 15.0 Å². The Hall–Kier alpha value is -1.78. The second-order valence-electron chi connectivity index (χ2n) is 4.01. The maximum Gasteiger partial charge on any atom is 0.326 e. The molecule has 0 unspecified atom stereocenters. The minimum atomic E-state index is -0.429. The third kappa shape index (κ3) is 3.76. The summed E-state index contributed by atoms with van der Waals surface area (Å²) in [6, 6.07) is 2.82. The Labute approximate surface area is 93.8 Å². The van der Waals surface area contributed by atoms with Crippen LogP contribution >= 0.6 is 0 Å². The Balaban J connectivity index is 2.62. The molecular formula is C11H16N2O3. The van der Waals surface area contributed by atoms with Gasteiger partial charge in [0.15, 0.2) is 0 Å². The Morgan fingerprint density at radius 2 is 2.19 bits per heavy atom. The SMILES string of the molecule is CC(C)COC(=O)Cn1cc(N)ccc1=O. The number of pyridine rings is 1. The van der Waals surface area contributed by atoms with Gasteiger partial charge in [-0.25, -0.2) is 0 Å². The van der Waals surface area contributed by atoms with Gasteiger partial charge in [-0.05, 0) is 12.0 Å². The summed E-state index contributed by atoms with van der Waals surface area (Å²) in [5, 5.41) is 0. The standard InChI is InChI=1S/C11H16N2O3/c1-8(2)7-16-11(15)6-13-5-9(12)3-4-10(13)14/h3-5,8H,6-7,12H2,1-2H3. The number of ether oxygens (including phenoxy) is 1. The molecule has 0 bridgehead atoms. The molecule has 0 fully saturated rings. The van der Waals surface area contributed by atoms with E-state index in [-0.39, 0.29) is 18.0 Å². The smallest absolute Gasteiger partial charge is 0.326 e. The Bertz CT molecular complexity index is 423. The maximum atomic E-state index is 11.4. The number of esters is 1. The van der Waals surface area contributed by atoms with E-state index in [4.69, 9.17) is 10.5 Å². The molecule has 0 aliphatic rings. The van der Waals surface area contributed by atoms with Crippen molar-refractivity contribution in [1.29, 1.82) is 0 Å². The van der Waals surface area contributed by atoms with Crippen LogP contribution in [0.4, 0.5) is 5.69 Å². The maximum absolute atomic E-state index is 11.4. The molecule has 88 valence electrons. The lowest BCUT2D eigenvalue weighted by atomic mass is 10.2. The van der Waals surface area contributed by atoms with Crippen LogP contribution in [0, 0.1) is 5.92 Å². The van der Waals surface area contributed by atoms with Crippen molar-refractivity contribution in [3.05, 3.63) is 28.7 Å². The highest BCUT2D eigenvalue weighted by Gasteiger charge is 2.06. The molecule has 0 saturated carbocycles. The van der Waals surface area contributed by atoms with Crippen LogP contribution in [-0.4, -0.2) is 17.1 Å². The first-order valence-corrected chi connectivity index (χ1v) is 5.10. The number of nitrogens with two attached hydrogens (primary N) is 1. The number of carbonyl (C=O) groups excluding carboxylic acids is 1. The average molecular weight is 224 g/mol. The molecule has 0 saturated heterocycles. The summed E-state index contributed by atoms with van der Waals surface area (Å²) in [7, 11) is 0. The first-order valence-electron chi connectivity index (χ1n) is 5.10. The van der Waals surface area contributed by atoms with Crippen molar-refractivity contribution in [3.8, 4) is 0 Å². The minimum absolute atomic E-state index is 0.101. The predicted molar refractivity (Wildman–Crippen MR) is 60.9 cm³/mol. The monoisotopic (exact) mass is 224 g/mol. The fraction of sp³-hybridized carbons (Fsp3) is 0.455. The molecule has 0 spiro atoms. The molecule has 1 rings (SSSR count). The molecule has 0 amide bonds. The molecule has 5 heteroatoms. The third-order valence-electron chi connectivity index (χ3n) is 1.88. The van der Waals surface area contributed by atoms with Crippen molar-refractivity contribution in [2.45, 2.75) is 20.4 Å². The fourth-order valence-electron chi connectivity index (χ4n) is 1.12. The summed E-state index contributed by atoms with van der Waals surface area (Å²) in [4.78, 5) is 22.7. The molecule has 5 nitrogen and oxygen atoms in total. The van der Waals surface area contributed by atoms with Crippen molar-refractivity contribution >= 4 is 11.7 Å². The van der Waals surface area contributed by atoms with Crippen LogP contribution in [0.15, 0.2) is 23.1 Å². The van der Waals surface area contributed by atoms with E-state index in [0.29, 0.717) is 12.3 Å². The van der Waals surface area contributed by atoms with Gasteiger partial charge in [0.05, 0.1) is 6.61 Å². The van der Waals surface area contributed by atoms with Crippen molar-refractivity contribution in [1.82, 2.24) is 4.57 Å². The zero-order valence-electron chi connectivity index (χ0n) is 9.47. The number of hydrogen-bond acceptors (Lipinski definition) is 4. The highest BCUT2D eigenvalue weighted by molar-refractivity contribution is 5.69. The van der Waals surface area contributed by atoms with Gasteiger partial charge in [0.25, 0.3) is 5.56 Å². The number of rotatable bonds is 4. The van der Waals surface area contributed by atoms with Gasteiger partial charge >= 0.3 is 5.97 Å². The Morgan fingerprint density at radius 3 is 2.81 bits per heavy atom. The van der Waals surface area contributed by atoms with Crippen LogP contribution in [0.2, 0.25) is 0 Å². The molecule has 0 radical (unpaired) electrons. The number of hydrogen-bond donors (Lipinski definition) is 1. The van der Waals surface area contributed by atoms with E-state index in [2.05, 4.69) is 0 Å². The van der Waals surface area contributed by atoms with E-state index in [1.807, 2.05) is 13.8 Å². The number of carbonyl (C=O) groups is 1. The summed E-state index contributed by atoms with van der Waals surface area (Å²) in [5.41, 5.74) is 5.69. The lowest BCUT2D eigenvalue weighted by Crippen LogP contribution is -2.25. The molecule has 1 heterocycles. The van der Waals surface area contributed by atoms with Crippen LogP contribution in [0.1, 0.15) is 13.8 Å². The zero-order chi connectivity index (χ0) is 12.1. The number of nitrogen functional groups attached to an aromatic ring is 1. The Morgan fingerprint density at radius 1 is 1.50 bits per heavy atom. The van der Waals surface area contributed by atoms with Gasteiger partial charge in [-0.3, -0.25) is 9.59 Å². The first-order chi connectivity index (χ1) is 7.49. The second kappa shape index (κ2) is 5.34. The molecule has 0 aliphatic carbocycles. The Kier molecular flexibility index (Phi) is 4.10. The van der Waals surface area contributed by atoms with Gasteiger partial charge in [-0.2, -0.15) is 0 Å². The van der Waals surface area contributed by atoms with Gasteiger partial charge in [0, 0.05) is 18.0 Å². The lowest BCUT2D eigenvalue weighted by molar-refractivity contribution is -0.145. The van der Waals surface area contributed by atoms with Crippen molar-refractivity contribution < 1.29 is 9.53 Å². The van der Waals surface area contributed by atoms with Crippen LogP contribution in [0.3, 0.4) is 0 Å². The average Bonchev–Trinajstić information content (AvgIpc) is 2.20. The van der Waals surface area contributed by atoms with E-state index >= 15 is 0 Å². The topological polar surface area (TPSA) is 74.3 Å². The van der Waals surface area contributed by atoms with Crippen LogP contribution in [0.25, 0.3) is 0 Å². The summed E-state index contributed by atoms with van der Waals surface area (Å²) in [6.45, 7) is 4.15. The lowest BCUT2D eigenvalue weighted by Gasteiger charge is -2.08. The van der Waals surface area contributed by atoms with E-state index in [1.165, 1.54) is 22.9 Å². The summed E-state index contributed by atoms with van der Waals surface area (Å²) in [6.07, 6.45) is 1.43. The van der Waals surface area contributed by atoms with E-state index in [1.54, 1.807) is 0 Å². The molecule has 0 aliphatic heterocycles. The van der Waals surface area contributed by atoms with Gasteiger partial charge in [-0.1, -0.05) is 13.8 Å². The van der Waals surface area contributed by atoms with E-state index in [9.17, 15) is 9.59 Å². The summed E-state index contributed by atoms with van der Waals surface area (Å²) >= 11 is 0. The highest BCUT2D eigenvalue weighted by atomic mass is 16.5. The van der Waals surface area contributed by atoms with Crippen LogP contribution in [0.5, 0.6) is 0 Å². The molecular weight excluding hydrogens is 208 g/mol. The highest BCUT2D eigenvalue weighted by Crippen LogP contribution is 1.98. The summed E-state index contributed by atoms with van der Waals surface area (Å²) in [5.74, 6) is -0.150. The van der Waals surface area contributed by atoms with Gasteiger partial charge in [0.1, 0.15) is 6.54 Å². The van der Waals surface area contributed by atoms with Crippen molar-refractivity contribution in [2.75, 3.05) is 12.3 Å². The first kappa shape index (κ1) is 12.3. The molecule has 16 heavy (non-hydrogen) atoms. The molecule has 1 aromatic rings. The van der Waals surface area contributed by atoms with Gasteiger partial charge in [0.2, 0.25) is 0 Å². The zero-order valence-corrected chi connectivity index (χ0v) is 9.47. The molecule has 0 aromatic carbocycles. The van der Waals surface area contributed by atoms with E-state index < -0.39 is 5.97 Å². The largest absolute Gasteiger partial charge is 0.464 e. The molecule has 0 atom stereocenters. The molecule has 1 aromatic heterocycles. The van der Waals surface area contributed by atoms with Crippen molar-refractivity contribution in [2.24, 2.45) is 5.92 Å². The predicted octanol–water partition coefficient (Wildman–Crippen LogP) is 0.630. The van der Waals surface area contributed by atoms with Crippen molar-refractivity contribution in [3.63, 3.8) is 0 Å².